The van der Waals surface area contributed by atoms with Crippen LogP contribution < -0.4 is 15.5 Å². The smallest absolute Gasteiger partial charge is 0.253 e. The van der Waals surface area contributed by atoms with Crippen LogP contribution in [0.4, 0.5) is 11.4 Å². The van der Waals surface area contributed by atoms with E-state index in [0.717, 1.165) is 51.3 Å². The molecule has 1 aliphatic carbocycles. The Labute approximate surface area is 197 Å². The van der Waals surface area contributed by atoms with Crippen LogP contribution in [0, 0.1) is 0 Å². The summed E-state index contributed by atoms with van der Waals surface area (Å²) in [5.74, 6) is -0.0767. The number of piperazine rings is 1. The average molecular weight is 449 g/mol. The van der Waals surface area contributed by atoms with Crippen molar-refractivity contribution in [3.8, 4) is 0 Å². The number of carbonyl (C=O) groups is 2. The summed E-state index contributed by atoms with van der Waals surface area (Å²) in [6.07, 6.45) is 6.11. The van der Waals surface area contributed by atoms with Gasteiger partial charge in [0.05, 0.1) is 5.56 Å². The molecule has 0 atom stereocenters. The molecular weight excluding hydrogens is 412 g/mol. The summed E-state index contributed by atoms with van der Waals surface area (Å²) in [5.41, 5.74) is 3.62. The van der Waals surface area contributed by atoms with E-state index in [1.807, 2.05) is 31.2 Å². The third-order valence-electron chi connectivity index (χ3n) is 6.75. The van der Waals surface area contributed by atoms with Crippen molar-refractivity contribution in [2.45, 2.75) is 58.0 Å². The van der Waals surface area contributed by atoms with E-state index in [1.165, 1.54) is 24.8 Å². The zero-order chi connectivity index (χ0) is 23.0. The van der Waals surface area contributed by atoms with Gasteiger partial charge in [-0.1, -0.05) is 56.5 Å². The summed E-state index contributed by atoms with van der Waals surface area (Å²) in [5, 5.41) is 6.17. The maximum Gasteiger partial charge on any atom is 0.253 e. The van der Waals surface area contributed by atoms with Gasteiger partial charge in [0.25, 0.3) is 5.91 Å². The lowest BCUT2D eigenvalue weighted by atomic mass is 9.95. The van der Waals surface area contributed by atoms with E-state index in [1.54, 1.807) is 0 Å². The van der Waals surface area contributed by atoms with Gasteiger partial charge in [-0.25, -0.2) is 0 Å². The van der Waals surface area contributed by atoms with Gasteiger partial charge in [0, 0.05) is 56.6 Å². The van der Waals surface area contributed by atoms with Gasteiger partial charge in [0.2, 0.25) is 5.91 Å². The summed E-state index contributed by atoms with van der Waals surface area (Å²) in [6, 6.07) is 16.6. The molecule has 6 nitrogen and oxygen atoms in total. The molecule has 1 saturated heterocycles. The Morgan fingerprint density at radius 2 is 1.67 bits per heavy atom. The number of anilines is 2. The molecule has 2 N–H and O–H groups in total. The van der Waals surface area contributed by atoms with Gasteiger partial charge in [-0.15, -0.1) is 0 Å². The molecule has 2 fully saturated rings. The molecule has 2 amide bonds. The quantitative estimate of drug-likeness (QED) is 0.658. The van der Waals surface area contributed by atoms with Crippen LogP contribution in [0.3, 0.4) is 0 Å². The normalized spacial score (nSPS) is 17.5. The van der Waals surface area contributed by atoms with E-state index in [0.29, 0.717) is 17.7 Å². The van der Waals surface area contributed by atoms with E-state index in [9.17, 15) is 9.59 Å². The number of rotatable bonds is 7. The summed E-state index contributed by atoms with van der Waals surface area (Å²) in [7, 11) is 0. The minimum Gasteiger partial charge on any atom is -0.368 e. The Hall–Kier alpha value is -2.86. The van der Waals surface area contributed by atoms with Crippen molar-refractivity contribution < 1.29 is 9.59 Å². The summed E-state index contributed by atoms with van der Waals surface area (Å²) in [6.45, 7) is 6.43. The van der Waals surface area contributed by atoms with Gasteiger partial charge in [0.1, 0.15) is 0 Å². The fourth-order valence-electron chi connectivity index (χ4n) is 4.82. The molecule has 0 bridgehead atoms. The number of carbonyl (C=O) groups excluding carboxylic acids is 2. The third-order valence-corrected chi connectivity index (χ3v) is 6.75. The zero-order valence-corrected chi connectivity index (χ0v) is 19.7. The first-order valence-corrected chi connectivity index (χ1v) is 12.4. The first-order valence-electron chi connectivity index (χ1n) is 12.4. The number of nitrogens with zero attached hydrogens (tertiary/aromatic N) is 2. The maximum absolute atomic E-state index is 13.3. The maximum atomic E-state index is 13.3. The Morgan fingerprint density at radius 1 is 0.939 bits per heavy atom. The second kappa shape index (κ2) is 11.3. The second-order valence-corrected chi connectivity index (χ2v) is 9.19. The van der Waals surface area contributed by atoms with Crippen LogP contribution in [0.25, 0.3) is 0 Å². The fraction of sp³-hybridized carbons (Fsp3) is 0.481. The third kappa shape index (κ3) is 6.35. The molecule has 0 unspecified atom stereocenters. The first kappa shape index (κ1) is 23.3. The average Bonchev–Trinajstić information content (AvgIpc) is 2.86. The van der Waals surface area contributed by atoms with Crippen molar-refractivity contribution in [3.63, 3.8) is 0 Å². The zero-order valence-electron chi connectivity index (χ0n) is 19.7. The van der Waals surface area contributed by atoms with Gasteiger partial charge < -0.3 is 15.5 Å². The number of nitrogens with one attached hydrogen (secondary N) is 2. The molecule has 4 rings (SSSR count). The highest BCUT2D eigenvalue weighted by Crippen LogP contribution is 2.27. The Morgan fingerprint density at radius 3 is 2.36 bits per heavy atom. The van der Waals surface area contributed by atoms with Crippen LogP contribution in [0.1, 0.15) is 61.4 Å². The lowest BCUT2D eigenvalue weighted by Crippen LogP contribution is -2.46. The van der Waals surface area contributed by atoms with E-state index >= 15 is 0 Å². The Kier molecular flexibility index (Phi) is 8.00. The van der Waals surface area contributed by atoms with E-state index in [4.69, 9.17) is 0 Å². The standard InChI is InChI=1S/C27H36N4O2/c1-2-26(32)28-23-13-14-25(24(19-23)27(33)29-22-11-7-4-8-12-22)31-17-15-30(16-18-31)20-21-9-5-3-6-10-21/h3,5-6,9-10,13-14,19,22H,2,4,7-8,11-12,15-18,20H2,1H3,(H,28,32)(H,29,33). The van der Waals surface area contributed by atoms with Crippen molar-refractivity contribution >= 4 is 23.2 Å². The summed E-state index contributed by atoms with van der Waals surface area (Å²) in [4.78, 5) is 30.0. The Bertz CT molecular complexity index is 932. The molecule has 0 aromatic heterocycles. The molecule has 2 aromatic rings. The topological polar surface area (TPSA) is 64.7 Å². The molecule has 1 aliphatic heterocycles. The van der Waals surface area contributed by atoms with Crippen LogP contribution in [0.2, 0.25) is 0 Å². The molecule has 1 heterocycles. The van der Waals surface area contributed by atoms with Crippen LogP contribution in [-0.4, -0.2) is 48.9 Å². The monoisotopic (exact) mass is 448 g/mol. The number of hydrogen-bond acceptors (Lipinski definition) is 4. The van der Waals surface area contributed by atoms with Crippen molar-refractivity contribution in [2.75, 3.05) is 36.4 Å². The van der Waals surface area contributed by atoms with Crippen LogP contribution in [0.5, 0.6) is 0 Å². The first-order chi connectivity index (χ1) is 16.1. The molecule has 176 valence electrons. The van der Waals surface area contributed by atoms with Crippen LogP contribution in [0.15, 0.2) is 48.5 Å². The summed E-state index contributed by atoms with van der Waals surface area (Å²) >= 11 is 0. The Balaban J connectivity index is 1.47. The van der Waals surface area contributed by atoms with Crippen molar-refractivity contribution in [1.29, 1.82) is 0 Å². The highest BCUT2D eigenvalue weighted by molar-refractivity contribution is 6.02. The van der Waals surface area contributed by atoms with Crippen molar-refractivity contribution in [2.24, 2.45) is 0 Å². The molecule has 0 spiro atoms. The second-order valence-electron chi connectivity index (χ2n) is 9.19. The SMILES string of the molecule is CCC(=O)Nc1ccc(N2CCN(Cc3ccccc3)CC2)c(C(=O)NC2CCCCC2)c1. The minimum atomic E-state index is -0.0454. The van der Waals surface area contributed by atoms with E-state index in [2.05, 4.69) is 44.7 Å². The predicted octanol–water partition coefficient (Wildman–Crippen LogP) is 4.42. The lowest BCUT2D eigenvalue weighted by molar-refractivity contribution is -0.115. The van der Waals surface area contributed by atoms with Crippen molar-refractivity contribution in [3.05, 3.63) is 59.7 Å². The highest BCUT2D eigenvalue weighted by Gasteiger charge is 2.24. The van der Waals surface area contributed by atoms with Gasteiger partial charge in [-0.05, 0) is 36.6 Å². The van der Waals surface area contributed by atoms with E-state index < -0.39 is 0 Å². The molecule has 33 heavy (non-hydrogen) atoms. The van der Waals surface area contributed by atoms with Gasteiger partial charge >= 0.3 is 0 Å². The molecule has 2 aromatic carbocycles. The van der Waals surface area contributed by atoms with Crippen LogP contribution in [-0.2, 0) is 11.3 Å². The van der Waals surface area contributed by atoms with E-state index in [-0.39, 0.29) is 17.9 Å². The fourth-order valence-corrected chi connectivity index (χ4v) is 4.82. The number of benzene rings is 2. The van der Waals surface area contributed by atoms with Gasteiger partial charge in [0.15, 0.2) is 0 Å². The van der Waals surface area contributed by atoms with Gasteiger partial charge in [-0.2, -0.15) is 0 Å². The van der Waals surface area contributed by atoms with Crippen molar-refractivity contribution in [1.82, 2.24) is 10.2 Å². The molecular formula is C27H36N4O2. The molecule has 0 radical (unpaired) electrons. The molecule has 1 saturated carbocycles. The number of hydrogen-bond donors (Lipinski definition) is 2. The largest absolute Gasteiger partial charge is 0.368 e. The van der Waals surface area contributed by atoms with Gasteiger partial charge in [-0.3, -0.25) is 14.5 Å². The lowest BCUT2D eigenvalue weighted by Gasteiger charge is -2.37. The number of amides is 2. The summed E-state index contributed by atoms with van der Waals surface area (Å²) < 4.78 is 0. The van der Waals surface area contributed by atoms with Crippen LogP contribution >= 0.6 is 0 Å². The highest BCUT2D eigenvalue weighted by atomic mass is 16.2. The predicted molar refractivity (Wildman–Crippen MR) is 134 cm³/mol. The molecule has 2 aliphatic rings. The molecule has 6 heteroatoms. The minimum absolute atomic E-state index is 0.0313.